The van der Waals surface area contributed by atoms with Gasteiger partial charge in [0.2, 0.25) is 0 Å². The molecule has 4 rings (SSSR count). The molecule has 3 aromatic rings. The van der Waals surface area contributed by atoms with Crippen LogP contribution in [0.5, 0.6) is 5.75 Å². The minimum Gasteiger partial charge on any atom is -0.488 e. The van der Waals surface area contributed by atoms with Gasteiger partial charge in [0, 0.05) is 17.6 Å². The van der Waals surface area contributed by atoms with E-state index in [9.17, 15) is 18.4 Å². The number of amides is 1. The molecule has 34 heavy (non-hydrogen) atoms. The molecule has 0 aliphatic heterocycles. The van der Waals surface area contributed by atoms with E-state index in [4.69, 9.17) is 9.47 Å². The molecule has 0 spiro atoms. The predicted octanol–water partition coefficient (Wildman–Crippen LogP) is 5.24. The van der Waals surface area contributed by atoms with Crippen LogP contribution in [0, 0.1) is 17.6 Å². The smallest absolute Gasteiger partial charge is 0.308 e. The van der Waals surface area contributed by atoms with Crippen molar-refractivity contribution in [2.24, 2.45) is 5.92 Å². The largest absolute Gasteiger partial charge is 0.488 e. The van der Waals surface area contributed by atoms with E-state index < -0.39 is 17.5 Å². The molecule has 7 nitrogen and oxygen atoms in total. The summed E-state index contributed by atoms with van der Waals surface area (Å²) in [5.41, 5.74) is 0.106. The summed E-state index contributed by atoms with van der Waals surface area (Å²) in [6, 6.07) is 5.19. The molecule has 1 aliphatic carbocycles. The molecule has 1 N–H and O–H groups in total. The van der Waals surface area contributed by atoms with Gasteiger partial charge in [-0.2, -0.15) is 0 Å². The van der Waals surface area contributed by atoms with E-state index in [1.165, 1.54) is 17.6 Å². The van der Waals surface area contributed by atoms with E-state index in [2.05, 4.69) is 15.3 Å². The van der Waals surface area contributed by atoms with Crippen LogP contribution in [0.1, 0.15) is 43.1 Å². The number of aromatic nitrogens is 2. The lowest BCUT2D eigenvalue weighted by atomic mass is 9.87. The van der Waals surface area contributed by atoms with Crippen LogP contribution in [-0.2, 0) is 9.53 Å². The molecule has 0 saturated heterocycles. The second kappa shape index (κ2) is 10.7. The van der Waals surface area contributed by atoms with Gasteiger partial charge in [0.25, 0.3) is 5.91 Å². The quantitative estimate of drug-likeness (QED) is 0.459. The number of thiazole rings is 1. The molecule has 1 fully saturated rings. The number of nitrogens with zero attached hydrogens (tertiary/aromatic N) is 2. The van der Waals surface area contributed by atoms with Gasteiger partial charge in [-0.15, -0.1) is 11.3 Å². The zero-order valence-electron chi connectivity index (χ0n) is 18.4. The van der Waals surface area contributed by atoms with Crippen molar-refractivity contribution in [3.8, 4) is 16.3 Å². The number of halogens is 2. The molecule has 0 atom stereocenters. The second-order valence-electron chi connectivity index (χ2n) is 7.80. The number of anilines is 1. The van der Waals surface area contributed by atoms with E-state index >= 15 is 0 Å². The Balaban J connectivity index is 1.42. The molecular formula is C24H23F2N3O4S. The summed E-state index contributed by atoms with van der Waals surface area (Å²) in [5.74, 6) is -1.89. The van der Waals surface area contributed by atoms with Gasteiger partial charge in [0.15, 0.2) is 0 Å². The lowest BCUT2D eigenvalue weighted by molar-refractivity contribution is -0.149. The summed E-state index contributed by atoms with van der Waals surface area (Å²) < 4.78 is 39.3. The highest BCUT2D eigenvalue weighted by Gasteiger charge is 2.29. The van der Waals surface area contributed by atoms with Crippen LogP contribution in [0.3, 0.4) is 0 Å². The van der Waals surface area contributed by atoms with Gasteiger partial charge in [0.1, 0.15) is 33.8 Å². The summed E-state index contributed by atoms with van der Waals surface area (Å²) >= 11 is 0.972. The SMILES string of the molecule is CCOC(=O)C1CCC(Oc2ccncc2NC(=O)c2csc(-c3c(F)cccc3F)n2)CC1. The van der Waals surface area contributed by atoms with Gasteiger partial charge >= 0.3 is 5.97 Å². The topological polar surface area (TPSA) is 90.4 Å². The first kappa shape index (κ1) is 23.7. The van der Waals surface area contributed by atoms with E-state index in [0.717, 1.165) is 23.5 Å². The maximum Gasteiger partial charge on any atom is 0.308 e. The van der Waals surface area contributed by atoms with E-state index in [-0.39, 0.29) is 34.3 Å². The Hall–Kier alpha value is -3.40. The first-order valence-corrected chi connectivity index (χ1v) is 11.8. The lowest BCUT2D eigenvalue weighted by Gasteiger charge is -2.28. The molecular weight excluding hydrogens is 464 g/mol. The number of benzene rings is 1. The second-order valence-corrected chi connectivity index (χ2v) is 8.66. The number of pyridine rings is 1. The van der Waals surface area contributed by atoms with Crippen molar-refractivity contribution >= 4 is 28.9 Å². The summed E-state index contributed by atoms with van der Waals surface area (Å²) in [7, 11) is 0. The number of hydrogen-bond donors (Lipinski definition) is 1. The summed E-state index contributed by atoms with van der Waals surface area (Å²) in [4.78, 5) is 32.8. The third-order valence-corrected chi connectivity index (χ3v) is 6.39. The molecule has 1 aromatic carbocycles. The number of ether oxygens (including phenoxy) is 2. The Morgan fingerprint density at radius 2 is 1.88 bits per heavy atom. The Morgan fingerprint density at radius 1 is 1.15 bits per heavy atom. The van der Waals surface area contributed by atoms with Crippen LogP contribution in [0.4, 0.5) is 14.5 Å². The van der Waals surface area contributed by atoms with Crippen molar-refractivity contribution in [1.82, 2.24) is 9.97 Å². The number of rotatable bonds is 7. The molecule has 178 valence electrons. The average Bonchev–Trinajstić information content (AvgIpc) is 3.31. The molecule has 0 radical (unpaired) electrons. The highest BCUT2D eigenvalue weighted by Crippen LogP contribution is 2.32. The van der Waals surface area contributed by atoms with Gasteiger partial charge in [-0.1, -0.05) is 6.07 Å². The van der Waals surface area contributed by atoms with Crippen LogP contribution >= 0.6 is 11.3 Å². The predicted molar refractivity (Wildman–Crippen MR) is 123 cm³/mol. The van der Waals surface area contributed by atoms with Gasteiger partial charge in [-0.25, -0.2) is 13.8 Å². The van der Waals surface area contributed by atoms with Crippen molar-refractivity contribution < 1.29 is 27.8 Å². The van der Waals surface area contributed by atoms with Crippen molar-refractivity contribution in [2.45, 2.75) is 38.7 Å². The Morgan fingerprint density at radius 3 is 2.59 bits per heavy atom. The van der Waals surface area contributed by atoms with Crippen molar-refractivity contribution in [3.05, 3.63) is 59.4 Å². The zero-order valence-corrected chi connectivity index (χ0v) is 19.2. The van der Waals surface area contributed by atoms with Crippen LogP contribution < -0.4 is 10.1 Å². The van der Waals surface area contributed by atoms with Crippen LogP contribution in [0.15, 0.2) is 42.0 Å². The van der Waals surface area contributed by atoms with Crippen LogP contribution in [0.2, 0.25) is 0 Å². The van der Waals surface area contributed by atoms with E-state index in [1.54, 1.807) is 19.2 Å². The number of nitrogens with one attached hydrogen (secondary N) is 1. The highest BCUT2D eigenvalue weighted by molar-refractivity contribution is 7.13. The highest BCUT2D eigenvalue weighted by atomic mass is 32.1. The van der Waals surface area contributed by atoms with Crippen LogP contribution in [0.25, 0.3) is 10.6 Å². The number of hydrogen-bond acceptors (Lipinski definition) is 7. The third kappa shape index (κ3) is 5.39. The molecule has 1 aliphatic rings. The van der Waals surface area contributed by atoms with Crippen molar-refractivity contribution in [3.63, 3.8) is 0 Å². The molecule has 1 saturated carbocycles. The number of carbonyl (C=O) groups excluding carboxylic acids is 2. The van der Waals surface area contributed by atoms with Crippen molar-refractivity contribution in [1.29, 1.82) is 0 Å². The standard InChI is InChI=1S/C24H23F2N3O4S/c1-2-32-24(31)14-6-8-15(9-7-14)33-20-10-11-27-12-18(20)28-22(30)19-13-34-23(29-19)21-16(25)4-3-5-17(21)26/h3-5,10-15H,2,6-9H2,1H3,(H,28,30). The molecule has 10 heteroatoms. The average molecular weight is 488 g/mol. The molecule has 2 aromatic heterocycles. The zero-order chi connectivity index (χ0) is 24.1. The van der Waals surface area contributed by atoms with Gasteiger partial charge < -0.3 is 14.8 Å². The minimum absolute atomic E-state index is 0.0207. The summed E-state index contributed by atoms with van der Waals surface area (Å²) in [5, 5.41) is 4.22. The monoisotopic (exact) mass is 487 g/mol. The van der Waals surface area contributed by atoms with Gasteiger partial charge in [-0.3, -0.25) is 14.6 Å². The number of esters is 1. The third-order valence-electron chi connectivity index (χ3n) is 5.53. The fourth-order valence-electron chi connectivity index (χ4n) is 3.82. The molecule has 0 unspecified atom stereocenters. The fourth-order valence-corrected chi connectivity index (χ4v) is 4.66. The first-order valence-electron chi connectivity index (χ1n) is 10.9. The Bertz CT molecular complexity index is 1160. The minimum atomic E-state index is -0.748. The summed E-state index contributed by atoms with van der Waals surface area (Å²) in [6.45, 7) is 2.15. The maximum atomic E-state index is 14.1. The van der Waals surface area contributed by atoms with E-state index in [1.807, 2.05) is 0 Å². The van der Waals surface area contributed by atoms with Crippen molar-refractivity contribution in [2.75, 3.05) is 11.9 Å². The van der Waals surface area contributed by atoms with Gasteiger partial charge in [0.05, 0.1) is 30.4 Å². The van der Waals surface area contributed by atoms with Crippen LogP contribution in [-0.4, -0.2) is 34.6 Å². The Labute approximate surface area is 199 Å². The molecule has 0 bridgehead atoms. The molecule has 1 amide bonds. The van der Waals surface area contributed by atoms with Gasteiger partial charge in [-0.05, 0) is 44.7 Å². The summed E-state index contributed by atoms with van der Waals surface area (Å²) in [6.07, 6.45) is 5.61. The van der Waals surface area contributed by atoms with E-state index in [0.29, 0.717) is 43.7 Å². The number of carbonyl (C=O) groups is 2. The first-order chi connectivity index (χ1) is 16.5. The normalized spacial score (nSPS) is 17.7. The Kier molecular flexibility index (Phi) is 7.46. The maximum absolute atomic E-state index is 14.1. The molecule has 2 heterocycles. The lowest BCUT2D eigenvalue weighted by Crippen LogP contribution is -2.29. The fraction of sp³-hybridized carbons (Fsp3) is 0.333.